The first kappa shape index (κ1) is 10.4. The predicted octanol–water partition coefficient (Wildman–Crippen LogP) is 1.53. The summed E-state index contributed by atoms with van der Waals surface area (Å²) in [6, 6.07) is 2.95. The maximum atomic E-state index is 10.8. The summed E-state index contributed by atoms with van der Waals surface area (Å²) in [4.78, 5) is 14.9. The lowest BCUT2D eigenvalue weighted by Gasteiger charge is -2.00. The SMILES string of the molecule is CCc1cnn(-c2cc(C(=O)O)ccn2)c1. The summed E-state index contributed by atoms with van der Waals surface area (Å²) in [5.41, 5.74) is 1.29. The van der Waals surface area contributed by atoms with E-state index in [-0.39, 0.29) is 5.56 Å². The predicted molar refractivity (Wildman–Crippen MR) is 57.7 cm³/mol. The summed E-state index contributed by atoms with van der Waals surface area (Å²) in [6.07, 6.45) is 5.94. The molecule has 0 unspecified atom stereocenters. The Morgan fingerprint density at radius 1 is 1.56 bits per heavy atom. The number of aromatic nitrogens is 3. The van der Waals surface area contributed by atoms with Gasteiger partial charge in [0.25, 0.3) is 0 Å². The second-order valence-electron chi connectivity index (χ2n) is 3.35. The van der Waals surface area contributed by atoms with Crippen LogP contribution in [0.1, 0.15) is 22.8 Å². The van der Waals surface area contributed by atoms with Crippen LogP contribution < -0.4 is 0 Å². The van der Waals surface area contributed by atoms with Crippen LogP contribution in [-0.4, -0.2) is 25.8 Å². The Kier molecular flexibility index (Phi) is 2.68. The van der Waals surface area contributed by atoms with E-state index < -0.39 is 5.97 Å². The minimum Gasteiger partial charge on any atom is -0.478 e. The topological polar surface area (TPSA) is 68.0 Å². The Labute approximate surface area is 92.4 Å². The standard InChI is InChI=1S/C11H11N3O2/c1-2-8-6-13-14(7-8)10-5-9(11(15)16)3-4-12-10/h3-7H,2H2,1H3,(H,15,16). The van der Waals surface area contributed by atoms with Crippen molar-refractivity contribution in [2.45, 2.75) is 13.3 Å². The van der Waals surface area contributed by atoms with Gasteiger partial charge in [0.05, 0.1) is 11.8 Å². The number of hydrogen-bond donors (Lipinski definition) is 1. The molecule has 2 heterocycles. The molecule has 2 aromatic heterocycles. The third-order valence-electron chi connectivity index (χ3n) is 2.27. The van der Waals surface area contributed by atoms with Gasteiger partial charge in [0, 0.05) is 12.4 Å². The van der Waals surface area contributed by atoms with E-state index in [9.17, 15) is 4.79 Å². The lowest BCUT2D eigenvalue weighted by Crippen LogP contribution is -2.02. The normalized spacial score (nSPS) is 10.3. The second-order valence-corrected chi connectivity index (χ2v) is 3.35. The van der Waals surface area contributed by atoms with Crippen molar-refractivity contribution in [1.82, 2.24) is 14.8 Å². The molecule has 0 spiro atoms. The molecule has 16 heavy (non-hydrogen) atoms. The van der Waals surface area contributed by atoms with Gasteiger partial charge in [-0.15, -0.1) is 0 Å². The van der Waals surface area contributed by atoms with Gasteiger partial charge in [0.15, 0.2) is 5.82 Å². The first-order chi connectivity index (χ1) is 7.70. The summed E-state index contributed by atoms with van der Waals surface area (Å²) >= 11 is 0. The van der Waals surface area contributed by atoms with Gasteiger partial charge in [-0.05, 0) is 24.1 Å². The summed E-state index contributed by atoms with van der Waals surface area (Å²) in [5, 5.41) is 13.0. The number of carboxylic acid groups (broad SMARTS) is 1. The molecule has 2 aromatic rings. The van der Waals surface area contributed by atoms with Crippen LogP contribution in [0.2, 0.25) is 0 Å². The van der Waals surface area contributed by atoms with E-state index in [1.54, 1.807) is 10.9 Å². The Morgan fingerprint density at radius 2 is 2.38 bits per heavy atom. The average Bonchev–Trinajstić information content (AvgIpc) is 2.77. The molecular weight excluding hydrogens is 206 g/mol. The van der Waals surface area contributed by atoms with Gasteiger partial charge in [0.1, 0.15) is 0 Å². The average molecular weight is 217 g/mol. The van der Waals surface area contributed by atoms with Crippen LogP contribution in [0.15, 0.2) is 30.7 Å². The minimum absolute atomic E-state index is 0.207. The van der Waals surface area contributed by atoms with E-state index in [1.165, 1.54) is 18.3 Å². The van der Waals surface area contributed by atoms with Crippen LogP contribution in [0.5, 0.6) is 0 Å². The van der Waals surface area contributed by atoms with Crippen LogP contribution in [0.4, 0.5) is 0 Å². The van der Waals surface area contributed by atoms with Crippen LogP contribution in [0.3, 0.4) is 0 Å². The summed E-state index contributed by atoms with van der Waals surface area (Å²) in [7, 11) is 0. The van der Waals surface area contributed by atoms with Gasteiger partial charge >= 0.3 is 5.97 Å². The molecule has 0 aliphatic heterocycles. The molecule has 0 aliphatic carbocycles. The van der Waals surface area contributed by atoms with E-state index in [0.717, 1.165) is 12.0 Å². The lowest BCUT2D eigenvalue weighted by molar-refractivity contribution is 0.0696. The molecule has 0 bridgehead atoms. The number of aryl methyl sites for hydroxylation is 1. The second kappa shape index (κ2) is 4.14. The number of rotatable bonds is 3. The van der Waals surface area contributed by atoms with Gasteiger partial charge < -0.3 is 5.11 Å². The molecule has 0 aliphatic rings. The van der Waals surface area contributed by atoms with E-state index in [2.05, 4.69) is 10.1 Å². The Morgan fingerprint density at radius 3 is 3.00 bits per heavy atom. The fourth-order valence-corrected chi connectivity index (χ4v) is 1.34. The first-order valence-corrected chi connectivity index (χ1v) is 4.94. The smallest absolute Gasteiger partial charge is 0.335 e. The Balaban J connectivity index is 2.40. The van der Waals surface area contributed by atoms with Crippen molar-refractivity contribution in [3.63, 3.8) is 0 Å². The third-order valence-corrected chi connectivity index (χ3v) is 2.27. The van der Waals surface area contributed by atoms with Crippen LogP contribution in [0.25, 0.3) is 5.82 Å². The van der Waals surface area contributed by atoms with E-state index in [4.69, 9.17) is 5.11 Å². The quantitative estimate of drug-likeness (QED) is 0.846. The highest BCUT2D eigenvalue weighted by molar-refractivity contribution is 5.87. The first-order valence-electron chi connectivity index (χ1n) is 4.94. The van der Waals surface area contributed by atoms with Gasteiger partial charge in [-0.25, -0.2) is 14.5 Å². The fraction of sp³-hybridized carbons (Fsp3) is 0.182. The number of carbonyl (C=O) groups is 1. The molecule has 5 heteroatoms. The molecule has 2 rings (SSSR count). The largest absolute Gasteiger partial charge is 0.478 e. The molecule has 1 N–H and O–H groups in total. The highest BCUT2D eigenvalue weighted by Crippen LogP contribution is 2.08. The summed E-state index contributed by atoms with van der Waals surface area (Å²) < 4.78 is 1.57. The molecule has 0 saturated heterocycles. The summed E-state index contributed by atoms with van der Waals surface area (Å²) in [5.74, 6) is -0.453. The van der Waals surface area contributed by atoms with E-state index >= 15 is 0 Å². The Bertz CT molecular complexity index is 519. The number of carboxylic acids is 1. The van der Waals surface area contributed by atoms with Crippen molar-refractivity contribution in [1.29, 1.82) is 0 Å². The zero-order valence-corrected chi connectivity index (χ0v) is 8.79. The maximum absolute atomic E-state index is 10.8. The maximum Gasteiger partial charge on any atom is 0.335 e. The van der Waals surface area contributed by atoms with Crippen molar-refractivity contribution < 1.29 is 9.90 Å². The van der Waals surface area contributed by atoms with Crippen molar-refractivity contribution >= 4 is 5.97 Å². The monoisotopic (exact) mass is 217 g/mol. The van der Waals surface area contributed by atoms with E-state index in [1.807, 2.05) is 13.1 Å². The molecule has 0 saturated carbocycles. The number of aromatic carboxylic acids is 1. The van der Waals surface area contributed by atoms with E-state index in [0.29, 0.717) is 5.82 Å². The van der Waals surface area contributed by atoms with Crippen molar-refractivity contribution in [3.05, 3.63) is 41.9 Å². The molecule has 5 nitrogen and oxygen atoms in total. The lowest BCUT2D eigenvalue weighted by atomic mass is 10.2. The molecule has 82 valence electrons. The van der Waals surface area contributed by atoms with Gasteiger partial charge in [-0.1, -0.05) is 6.92 Å². The molecule has 0 fully saturated rings. The van der Waals surface area contributed by atoms with Crippen LogP contribution in [-0.2, 0) is 6.42 Å². The van der Waals surface area contributed by atoms with Crippen molar-refractivity contribution in [3.8, 4) is 5.82 Å². The zero-order valence-electron chi connectivity index (χ0n) is 8.79. The van der Waals surface area contributed by atoms with Crippen molar-refractivity contribution in [2.75, 3.05) is 0 Å². The van der Waals surface area contributed by atoms with Gasteiger partial charge in [0.2, 0.25) is 0 Å². The molecule has 0 radical (unpaired) electrons. The minimum atomic E-state index is -0.966. The van der Waals surface area contributed by atoms with Crippen LogP contribution >= 0.6 is 0 Å². The Hall–Kier alpha value is -2.17. The number of hydrogen-bond acceptors (Lipinski definition) is 3. The fourth-order valence-electron chi connectivity index (χ4n) is 1.34. The van der Waals surface area contributed by atoms with Gasteiger partial charge in [-0.2, -0.15) is 5.10 Å². The molecular formula is C11H11N3O2. The molecule has 0 amide bonds. The molecule has 0 atom stereocenters. The zero-order chi connectivity index (χ0) is 11.5. The number of nitrogens with zero attached hydrogens (tertiary/aromatic N) is 3. The highest BCUT2D eigenvalue weighted by Gasteiger charge is 2.06. The van der Waals surface area contributed by atoms with Crippen LogP contribution in [0, 0.1) is 0 Å². The van der Waals surface area contributed by atoms with Gasteiger partial charge in [-0.3, -0.25) is 0 Å². The number of pyridine rings is 1. The van der Waals surface area contributed by atoms with Crippen molar-refractivity contribution in [2.24, 2.45) is 0 Å². The summed E-state index contributed by atoms with van der Waals surface area (Å²) in [6.45, 7) is 2.03. The highest BCUT2D eigenvalue weighted by atomic mass is 16.4. The third kappa shape index (κ3) is 1.93. The molecule has 0 aromatic carbocycles.